The summed E-state index contributed by atoms with van der Waals surface area (Å²) in [6.07, 6.45) is 5.84. The average molecular weight is 256 g/mol. The summed E-state index contributed by atoms with van der Waals surface area (Å²) in [7, 11) is 4.05. The highest BCUT2D eigenvalue weighted by Crippen LogP contribution is 2.34. The molecule has 1 N–H and O–H groups in total. The van der Waals surface area contributed by atoms with E-state index in [1.54, 1.807) is 0 Å². The number of hydrogen-bond acceptors (Lipinski definition) is 2. The van der Waals surface area contributed by atoms with E-state index in [0.717, 1.165) is 35.9 Å². The number of nitrogens with one attached hydrogen (secondary N) is 1. The van der Waals surface area contributed by atoms with Crippen molar-refractivity contribution in [2.24, 2.45) is 13.0 Å². The fourth-order valence-corrected chi connectivity index (χ4v) is 2.89. The van der Waals surface area contributed by atoms with E-state index < -0.39 is 0 Å². The summed E-state index contributed by atoms with van der Waals surface area (Å²) >= 11 is 6.35. The van der Waals surface area contributed by atoms with E-state index in [1.165, 1.54) is 18.5 Å². The zero-order chi connectivity index (χ0) is 12.4. The molecule has 1 fully saturated rings. The van der Waals surface area contributed by atoms with Gasteiger partial charge in [0.1, 0.15) is 0 Å². The Bertz CT molecular complexity index is 382. The summed E-state index contributed by atoms with van der Waals surface area (Å²) in [4.78, 5) is 0. The summed E-state index contributed by atoms with van der Waals surface area (Å²) in [6.45, 7) is 2.10. The predicted octanol–water partition coefficient (Wildman–Crippen LogP) is 2.57. The molecule has 0 bridgehead atoms. The minimum atomic E-state index is 0.644. The molecule has 17 heavy (non-hydrogen) atoms. The molecule has 0 amide bonds. The summed E-state index contributed by atoms with van der Waals surface area (Å²) in [6, 6.07) is 0.644. The van der Waals surface area contributed by atoms with Gasteiger partial charge in [-0.25, -0.2) is 0 Å². The Hall–Kier alpha value is -0.540. The van der Waals surface area contributed by atoms with Crippen molar-refractivity contribution in [2.75, 3.05) is 7.05 Å². The molecule has 1 aliphatic rings. The van der Waals surface area contributed by atoms with E-state index in [0.29, 0.717) is 6.04 Å². The van der Waals surface area contributed by atoms with Crippen LogP contribution in [-0.2, 0) is 19.9 Å². The lowest BCUT2D eigenvalue weighted by molar-refractivity contribution is 0.464. The quantitative estimate of drug-likeness (QED) is 0.847. The Kier molecular flexibility index (Phi) is 4.10. The standard InChI is InChI=1S/C13H22ClN3/c1-4-10-13(14)12(17(3)16-10)8-7-11(15-2)9-5-6-9/h9,11,15H,4-8H2,1-3H3. The zero-order valence-corrected chi connectivity index (χ0v) is 11.7. The van der Waals surface area contributed by atoms with Crippen LogP contribution in [0.25, 0.3) is 0 Å². The van der Waals surface area contributed by atoms with E-state index in [2.05, 4.69) is 24.4 Å². The fraction of sp³-hybridized carbons (Fsp3) is 0.769. The SMILES string of the molecule is CCc1nn(C)c(CCC(NC)C2CC2)c1Cl. The van der Waals surface area contributed by atoms with Gasteiger partial charge in [-0.2, -0.15) is 5.10 Å². The summed E-state index contributed by atoms with van der Waals surface area (Å²) in [5.74, 6) is 0.887. The predicted molar refractivity (Wildman–Crippen MR) is 71.5 cm³/mol. The molecule has 0 spiro atoms. The topological polar surface area (TPSA) is 29.9 Å². The molecule has 1 aromatic rings. The van der Waals surface area contributed by atoms with Crippen LogP contribution in [0.1, 0.15) is 37.6 Å². The number of hydrogen-bond donors (Lipinski definition) is 1. The third-order valence-corrected chi connectivity index (χ3v) is 4.19. The summed E-state index contributed by atoms with van der Waals surface area (Å²) in [5.41, 5.74) is 2.21. The van der Waals surface area contributed by atoms with Crippen LogP contribution in [0.5, 0.6) is 0 Å². The molecular formula is C13H22ClN3. The van der Waals surface area contributed by atoms with Gasteiger partial charge in [-0.1, -0.05) is 18.5 Å². The van der Waals surface area contributed by atoms with Gasteiger partial charge in [0.05, 0.1) is 16.4 Å². The first-order valence-electron chi connectivity index (χ1n) is 6.54. The molecule has 96 valence electrons. The molecule has 1 aliphatic carbocycles. The first-order chi connectivity index (χ1) is 8.17. The van der Waals surface area contributed by atoms with E-state index >= 15 is 0 Å². The van der Waals surface area contributed by atoms with Gasteiger partial charge in [-0.15, -0.1) is 0 Å². The van der Waals surface area contributed by atoms with Gasteiger partial charge in [0, 0.05) is 13.1 Å². The molecule has 0 aromatic carbocycles. The highest BCUT2D eigenvalue weighted by Gasteiger charge is 2.30. The van der Waals surface area contributed by atoms with E-state index in [1.807, 2.05) is 11.7 Å². The van der Waals surface area contributed by atoms with Gasteiger partial charge < -0.3 is 5.32 Å². The lowest BCUT2D eigenvalue weighted by Gasteiger charge is -2.15. The van der Waals surface area contributed by atoms with Crippen molar-refractivity contribution in [3.05, 3.63) is 16.4 Å². The van der Waals surface area contributed by atoms with E-state index in [9.17, 15) is 0 Å². The molecular weight excluding hydrogens is 234 g/mol. The van der Waals surface area contributed by atoms with E-state index in [-0.39, 0.29) is 0 Å². The van der Waals surface area contributed by atoms with Crippen molar-refractivity contribution < 1.29 is 0 Å². The number of nitrogens with zero attached hydrogens (tertiary/aromatic N) is 2. The minimum absolute atomic E-state index is 0.644. The van der Waals surface area contributed by atoms with Crippen molar-refractivity contribution in [3.8, 4) is 0 Å². The Morgan fingerprint density at radius 3 is 2.71 bits per heavy atom. The molecule has 1 unspecified atom stereocenters. The van der Waals surface area contributed by atoms with Crippen LogP contribution in [0.15, 0.2) is 0 Å². The van der Waals surface area contributed by atoms with E-state index in [4.69, 9.17) is 11.6 Å². The molecule has 0 radical (unpaired) electrons. The second-order valence-corrected chi connectivity index (χ2v) is 5.33. The Morgan fingerprint density at radius 1 is 1.53 bits per heavy atom. The van der Waals surface area contributed by atoms with Gasteiger partial charge in [0.2, 0.25) is 0 Å². The van der Waals surface area contributed by atoms with Crippen LogP contribution >= 0.6 is 11.6 Å². The first-order valence-corrected chi connectivity index (χ1v) is 6.92. The van der Waals surface area contributed by atoms with Crippen molar-refractivity contribution in [1.82, 2.24) is 15.1 Å². The van der Waals surface area contributed by atoms with Gasteiger partial charge in [-0.3, -0.25) is 4.68 Å². The number of aromatic nitrogens is 2. The van der Waals surface area contributed by atoms with Crippen molar-refractivity contribution in [3.63, 3.8) is 0 Å². The molecule has 2 rings (SSSR count). The maximum Gasteiger partial charge on any atom is 0.0849 e. The van der Waals surface area contributed by atoms with Crippen LogP contribution in [-0.4, -0.2) is 22.9 Å². The fourth-order valence-electron chi connectivity index (χ4n) is 2.50. The van der Waals surface area contributed by atoms with Gasteiger partial charge in [-0.05, 0) is 45.1 Å². The number of halogens is 1. The molecule has 0 aliphatic heterocycles. The second-order valence-electron chi connectivity index (χ2n) is 4.96. The highest BCUT2D eigenvalue weighted by atomic mass is 35.5. The number of aryl methyl sites for hydroxylation is 2. The lowest BCUT2D eigenvalue weighted by atomic mass is 10.1. The normalized spacial score (nSPS) is 17.4. The minimum Gasteiger partial charge on any atom is -0.317 e. The molecule has 1 atom stereocenters. The van der Waals surface area contributed by atoms with Gasteiger partial charge in [0.25, 0.3) is 0 Å². The molecule has 3 nitrogen and oxygen atoms in total. The zero-order valence-electron chi connectivity index (χ0n) is 11.0. The molecule has 1 aromatic heterocycles. The van der Waals surface area contributed by atoms with Crippen LogP contribution in [0.4, 0.5) is 0 Å². The van der Waals surface area contributed by atoms with Crippen LogP contribution in [0, 0.1) is 5.92 Å². The third-order valence-electron chi connectivity index (χ3n) is 3.76. The molecule has 1 saturated carbocycles. The Balaban J connectivity index is 2.00. The van der Waals surface area contributed by atoms with Gasteiger partial charge >= 0.3 is 0 Å². The second kappa shape index (κ2) is 5.40. The van der Waals surface area contributed by atoms with Crippen LogP contribution in [0.3, 0.4) is 0 Å². The van der Waals surface area contributed by atoms with Crippen LogP contribution in [0.2, 0.25) is 5.02 Å². The monoisotopic (exact) mass is 255 g/mol. The summed E-state index contributed by atoms with van der Waals surface area (Å²) < 4.78 is 1.95. The molecule has 1 heterocycles. The van der Waals surface area contributed by atoms with Crippen LogP contribution < -0.4 is 5.32 Å². The molecule has 0 saturated heterocycles. The average Bonchev–Trinajstić information content (AvgIpc) is 3.11. The first kappa shape index (κ1) is 12.9. The van der Waals surface area contributed by atoms with Gasteiger partial charge in [0.15, 0.2) is 0 Å². The summed E-state index contributed by atoms with van der Waals surface area (Å²) in [5, 5.41) is 8.75. The largest absolute Gasteiger partial charge is 0.317 e. The third kappa shape index (κ3) is 2.83. The Labute approximate surface area is 109 Å². The highest BCUT2D eigenvalue weighted by molar-refractivity contribution is 6.31. The van der Waals surface area contributed by atoms with Crippen molar-refractivity contribution in [1.29, 1.82) is 0 Å². The maximum absolute atomic E-state index is 6.35. The number of rotatable bonds is 6. The smallest absolute Gasteiger partial charge is 0.0849 e. The van der Waals surface area contributed by atoms with Crippen molar-refractivity contribution in [2.45, 2.75) is 45.1 Å². The maximum atomic E-state index is 6.35. The molecule has 4 heteroatoms. The van der Waals surface area contributed by atoms with Crippen molar-refractivity contribution >= 4 is 11.6 Å². The lowest BCUT2D eigenvalue weighted by Crippen LogP contribution is -2.28. The Morgan fingerprint density at radius 2 is 2.24 bits per heavy atom.